The second-order valence-corrected chi connectivity index (χ2v) is 5.38. The van der Waals surface area contributed by atoms with Gasteiger partial charge in [-0.15, -0.1) is 11.3 Å². The molecule has 0 aliphatic rings. The highest BCUT2D eigenvalue weighted by Crippen LogP contribution is 2.32. The number of aromatic nitrogens is 3. The smallest absolute Gasteiger partial charge is 0.177 e. The van der Waals surface area contributed by atoms with E-state index in [9.17, 15) is 0 Å². The van der Waals surface area contributed by atoms with Crippen LogP contribution in [0.2, 0.25) is 0 Å². The number of aryl methyl sites for hydroxylation is 1. The first-order valence-electron chi connectivity index (χ1n) is 4.48. The Balaban J connectivity index is 2.72. The molecular formula is C9H12N4S2. The van der Waals surface area contributed by atoms with Gasteiger partial charge in [0.1, 0.15) is 10.5 Å². The van der Waals surface area contributed by atoms with Gasteiger partial charge in [-0.25, -0.2) is 15.0 Å². The van der Waals surface area contributed by atoms with Crippen molar-refractivity contribution in [2.24, 2.45) is 0 Å². The fraction of sp³-hybridized carbons (Fsp3) is 0.444. The van der Waals surface area contributed by atoms with Crippen LogP contribution in [0.15, 0.2) is 4.34 Å². The summed E-state index contributed by atoms with van der Waals surface area (Å²) in [5, 5.41) is 0. The van der Waals surface area contributed by atoms with Crippen LogP contribution in [0.5, 0.6) is 0 Å². The molecule has 0 aromatic carbocycles. The molecule has 6 heteroatoms. The quantitative estimate of drug-likeness (QED) is 0.753. The Bertz CT molecular complexity index is 492. The van der Waals surface area contributed by atoms with Crippen molar-refractivity contribution in [1.82, 2.24) is 15.0 Å². The van der Waals surface area contributed by atoms with Gasteiger partial charge >= 0.3 is 0 Å². The van der Waals surface area contributed by atoms with Crippen LogP contribution in [-0.4, -0.2) is 35.3 Å². The maximum Gasteiger partial charge on any atom is 0.177 e. The zero-order valence-corrected chi connectivity index (χ0v) is 10.7. The van der Waals surface area contributed by atoms with Crippen molar-refractivity contribution in [1.29, 1.82) is 0 Å². The minimum atomic E-state index is 0.768. The van der Waals surface area contributed by atoms with Gasteiger partial charge < -0.3 is 4.90 Å². The number of rotatable bonds is 2. The monoisotopic (exact) mass is 240 g/mol. The molecule has 0 unspecified atom stereocenters. The summed E-state index contributed by atoms with van der Waals surface area (Å²) in [5.74, 6) is 1.72. The third kappa shape index (κ3) is 1.91. The molecule has 4 nitrogen and oxygen atoms in total. The summed E-state index contributed by atoms with van der Waals surface area (Å²) < 4.78 is 2.10. The lowest BCUT2D eigenvalue weighted by molar-refractivity contribution is 1.01. The summed E-state index contributed by atoms with van der Waals surface area (Å²) >= 11 is 3.29. The first-order valence-corrected chi connectivity index (χ1v) is 6.52. The summed E-state index contributed by atoms with van der Waals surface area (Å²) in [7, 11) is 3.97. The maximum absolute atomic E-state index is 4.44. The van der Waals surface area contributed by atoms with Gasteiger partial charge in [0.15, 0.2) is 15.8 Å². The molecule has 0 spiro atoms. The summed E-state index contributed by atoms with van der Waals surface area (Å²) in [6.07, 6.45) is 2.02. The van der Waals surface area contributed by atoms with Crippen molar-refractivity contribution in [2.75, 3.05) is 25.3 Å². The largest absolute Gasteiger partial charge is 0.361 e. The van der Waals surface area contributed by atoms with Gasteiger partial charge in [0.25, 0.3) is 0 Å². The summed E-state index contributed by atoms with van der Waals surface area (Å²) in [6.45, 7) is 1.89. The number of nitrogens with zero attached hydrogens (tertiary/aromatic N) is 4. The van der Waals surface area contributed by atoms with E-state index in [-0.39, 0.29) is 0 Å². The predicted octanol–water partition coefficient (Wildman–Crippen LogP) is 2.18. The highest BCUT2D eigenvalue weighted by atomic mass is 32.2. The van der Waals surface area contributed by atoms with Crippen molar-refractivity contribution in [3.63, 3.8) is 0 Å². The van der Waals surface area contributed by atoms with E-state index in [1.165, 1.54) is 0 Å². The van der Waals surface area contributed by atoms with Crippen molar-refractivity contribution >= 4 is 39.3 Å². The fourth-order valence-electron chi connectivity index (χ4n) is 1.29. The minimum absolute atomic E-state index is 0.768. The van der Waals surface area contributed by atoms with Gasteiger partial charge in [-0.2, -0.15) is 0 Å². The molecular weight excluding hydrogens is 228 g/mol. The Labute approximate surface area is 96.8 Å². The Morgan fingerprint density at radius 3 is 2.53 bits per heavy atom. The molecule has 0 saturated carbocycles. The van der Waals surface area contributed by atoms with Crippen molar-refractivity contribution in [3.05, 3.63) is 5.82 Å². The molecule has 0 saturated heterocycles. The molecule has 0 bridgehead atoms. The van der Waals surface area contributed by atoms with E-state index in [0.717, 1.165) is 26.3 Å². The minimum Gasteiger partial charge on any atom is -0.361 e. The molecule has 0 aliphatic carbocycles. The van der Waals surface area contributed by atoms with Gasteiger partial charge in [0, 0.05) is 14.1 Å². The normalized spacial score (nSPS) is 10.9. The number of thiazole rings is 1. The van der Waals surface area contributed by atoms with Gasteiger partial charge in [0.05, 0.1) is 0 Å². The predicted molar refractivity (Wildman–Crippen MR) is 66.1 cm³/mol. The van der Waals surface area contributed by atoms with Gasteiger partial charge in [-0.3, -0.25) is 0 Å². The molecule has 0 fully saturated rings. The van der Waals surface area contributed by atoms with Crippen molar-refractivity contribution in [2.45, 2.75) is 11.3 Å². The van der Waals surface area contributed by atoms with Crippen LogP contribution in [0.25, 0.3) is 10.3 Å². The molecule has 15 heavy (non-hydrogen) atoms. The van der Waals surface area contributed by atoms with Gasteiger partial charge in [-0.1, -0.05) is 11.8 Å². The van der Waals surface area contributed by atoms with E-state index >= 15 is 0 Å². The molecule has 0 aliphatic heterocycles. The Morgan fingerprint density at radius 1 is 1.20 bits per heavy atom. The fourth-order valence-corrected chi connectivity index (χ4v) is 2.86. The van der Waals surface area contributed by atoms with E-state index in [1.807, 2.05) is 32.2 Å². The zero-order chi connectivity index (χ0) is 11.0. The number of hydrogen-bond acceptors (Lipinski definition) is 6. The molecule has 0 amide bonds. The molecule has 2 rings (SSSR count). The molecule has 0 N–H and O–H groups in total. The molecule has 2 aromatic rings. The number of thioether (sulfide) groups is 1. The SMILES string of the molecule is CSc1nc2nc(C)nc(N(C)C)c2s1. The lowest BCUT2D eigenvalue weighted by Gasteiger charge is -2.11. The van der Waals surface area contributed by atoms with Crippen molar-refractivity contribution < 1.29 is 0 Å². The summed E-state index contributed by atoms with van der Waals surface area (Å²) in [4.78, 5) is 15.2. The second kappa shape index (κ2) is 3.94. The van der Waals surface area contributed by atoms with E-state index in [4.69, 9.17) is 0 Å². The molecule has 2 aromatic heterocycles. The van der Waals surface area contributed by atoms with E-state index in [0.29, 0.717) is 0 Å². The molecule has 80 valence electrons. The lowest BCUT2D eigenvalue weighted by Crippen LogP contribution is -2.11. The highest BCUT2D eigenvalue weighted by Gasteiger charge is 2.12. The van der Waals surface area contributed by atoms with Crippen LogP contribution in [0.3, 0.4) is 0 Å². The van der Waals surface area contributed by atoms with E-state index in [2.05, 4.69) is 15.0 Å². The lowest BCUT2D eigenvalue weighted by atomic mass is 10.5. The highest BCUT2D eigenvalue weighted by molar-refractivity contribution is 8.00. The van der Waals surface area contributed by atoms with Crippen LogP contribution in [0.4, 0.5) is 5.82 Å². The Morgan fingerprint density at radius 2 is 1.93 bits per heavy atom. The molecule has 2 heterocycles. The van der Waals surface area contributed by atoms with Crippen LogP contribution in [0, 0.1) is 6.92 Å². The van der Waals surface area contributed by atoms with Crippen LogP contribution < -0.4 is 4.90 Å². The van der Waals surface area contributed by atoms with E-state index < -0.39 is 0 Å². The van der Waals surface area contributed by atoms with Crippen LogP contribution in [-0.2, 0) is 0 Å². The summed E-state index contributed by atoms with van der Waals surface area (Å²) in [6, 6.07) is 0. The Hall–Kier alpha value is -0.880. The van der Waals surface area contributed by atoms with Crippen LogP contribution >= 0.6 is 23.1 Å². The second-order valence-electron chi connectivity index (χ2n) is 3.33. The van der Waals surface area contributed by atoms with E-state index in [1.54, 1.807) is 23.1 Å². The first kappa shape index (κ1) is 10.6. The zero-order valence-electron chi connectivity index (χ0n) is 9.11. The van der Waals surface area contributed by atoms with Crippen LogP contribution in [0.1, 0.15) is 5.82 Å². The number of anilines is 1. The maximum atomic E-state index is 4.44. The third-order valence-corrected chi connectivity index (χ3v) is 3.95. The average molecular weight is 240 g/mol. The topological polar surface area (TPSA) is 41.9 Å². The number of fused-ring (bicyclic) bond motifs is 1. The first-order chi connectivity index (χ1) is 7.11. The third-order valence-electron chi connectivity index (χ3n) is 1.93. The number of hydrogen-bond donors (Lipinski definition) is 0. The van der Waals surface area contributed by atoms with Crippen molar-refractivity contribution in [3.8, 4) is 0 Å². The molecule has 0 atom stereocenters. The van der Waals surface area contributed by atoms with Gasteiger partial charge in [0.2, 0.25) is 0 Å². The summed E-state index contributed by atoms with van der Waals surface area (Å²) in [5.41, 5.74) is 0.806. The average Bonchev–Trinajstić information content (AvgIpc) is 2.58. The Kier molecular flexibility index (Phi) is 2.79. The molecule has 0 radical (unpaired) electrons. The van der Waals surface area contributed by atoms with Gasteiger partial charge in [-0.05, 0) is 13.2 Å². The standard InChI is InChI=1S/C9H12N4S2/c1-5-10-7-6(8(11-5)13(2)3)15-9(12-7)14-4/h1-4H3.